The molecule has 5 nitrogen and oxygen atoms in total. The van der Waals surface area contributed by atoms with Crippen molar-refractivity contribution in [3.8, 4) is 0 Å². The van der Waals surface area contributed by atoms with E-state index in [2.05, 4.69) is 31.0 Å². The number of hydrogen-bond acceptors (Lipinski definition) is 3. The Kier molecular flexibility index (Phi) is 12.5. The zero-order chi connectivity index (χ0) is 16.4. The van der Waals surface area contributed by atoms with Crippen molar-refractivity contribution in [1.29, 1.82) is 0 Å². The van der Waals surface area contributed by atoms with Gasteiger partial charge in [-0.05, 0) is 32.6 Å². The van der Waals surface area contributed by atoms with Crippen molar-refractivity contribution in [2.24, 2.45) is 16.8 Å². The molecule has 6 heteroatoms. The third kappa shape index (κ3) is 7.72. The molecule has 0 aromatic heterocycles. The highest BCUT2D eigenvalue weighted by molar-refractivity contribution is 14.0. The number of halogens is 1. The van der Waals surface area contributed by atoms with E-state index in [1.54, 1.807) is 0 Å². The Morgan fingerprint density at radius 3 is 2.30 bits per heavy atom. The summed E-state index contributed by atoms with van der Waals surface area (Å²) in [4.78, 5) is 18.9. The number of aliphatic imine (C=N–C) groups is 1. The van der Waals surface area contributed by atoms with Crippen LogP contribution in [-0.4, -0.2) is 49.6 Å². The van der Waals surface area contributed by atoms with Gasteiger partial charge in [-0.15, -0.1) is 24.0 Å². The van der Waals surface area contributed by atoms with E-state index in [1.165, 1.54) is 12.8 Å². The highest BCUT2D eigenvalue weighted by Gasteiger charge is 2.27. The van der Waals surface area contributed by atoms with Gasteiger partial charge >= 0.3 is 5.97 Å². The fourth-order valence-electron chi connectivity index (χ4n) is 2.78. The summed E-state index contributed by atoms with van der Waals surface area (Å²) in [6, 6.07) is 0. The maximum Gasteiger partial charge on any atom is 0.309 e. The van der Waals surface area contributed by atoms with Crippen molar-refractivity contribution < 1.29 is 9.53 Å². The Morgan fingerprint density at radius 1 is 1.22 bits per heavy atom. The van der Waals surface area contributed by atoms with Gasteiger partial charge in [-0.25, -0.2) is 0 Å². The van der Waals surface area contributed by atoms with Crippen LogP contribution in [0, 0.1) is 11.8 Å². The Morgan fingerprint density at radius 2 is 1.83 bits per heavy atom. The quantitative estimate of drug-likeness (QED) is 0.286. The maximum atomic E-state index is 11.8. The summed E-state index contributed by atoms with van der Waals surface area (Å²) >= 11 is 0. The average molecular weight is 439 g/mol. The molecule has 1 rings (SSSR count). The Bertz CT molecular complexity index is 352. The van der Waals surface area contributed by atoms with Crippen LogP contribution in [0.4, 0.5) is 0 Å². The SMILES string of the molecule is CCNC(=NCC(CC)CC)N1CCC(C(=O)OCC)CC1.I. The molecule has 0 atom stereocenters. The standard InChI is InChI=1S/C17H33N3O2.HI/c1-5-14(6-2)13-19-17(18-7-3)20-11-9-15(10-12-20)16(21)22-8-4;/h14-15H,5-13H2,1-4H3,(H,18,19);1H. The zero-order valence-corrected chi connectivity index (χ0v) is 17.5. The van der Waals surface area contributed by atoms with E-state index in [-0.39, 0.29) is 35.9 Å². The number of carbonyl (C=O) groups excluding carboxylic acids is 1. The third-order valence-corrected chi connectivity index (χ3v) is 4.40. The molecule has 0 bridgehead atoms. The molecular formula is C17H34IN3O2. The zero-order valence-electron chi connectivity index (χ0n) is 15.1. The number of carbonyl (C=O) groups is 1. The van der Waals surface area contributed by atoms with Crippen molar-refractivity contribution >= 4 is 35.9 Å². The van der Waals surface area contributed by atoms with Gasteiger partial charge in [-0.1, -0.05) is 26.7 Å². The fraction of sp³-hybridized carbons (Fsp3) is 0.882. The molecule has 1 heterocycles. The van der Waals surface area contributed by atoms with Crippen LogP contribution in [0.3, 0.4) is 0 Å². The lowest BCUT2D eigenvalue weighted by atomic mass is 9.97. The summed E-state index contributed by atoms with van der Waals surface area (Å²) < 4.78 is 5.13. The number of guanidine groups is 1. The monoisotopic (exact) mass is 439 g/mol. The largest absolute Gasteiger partial charge is 0.466 e. The minimum absolute atomic E-state index is 0. The molecule has 1 saturated heterocycles. The van der Waals surface area contributed by atoms with Crippen molar-refractivity contribution in [3.63, 3.8) is 0 Å². The molecule has 0 aromatic carbocycles. The number of likely N-dealkylation sites (tertiary alicyclic amines) is 1. The summed E-state index contributed by atoms with van der Waals surface area (Å²) in [5.74, 6) is 1.67. The van der Waals surface area contributed by atoms with Crippen LogP contribution in [0.25, 0.3) is 0 Å². The van der Waals surface area contributed by atoms with E-state index < -0.39 is 0 Å². The van der Waals surface area contributed by atoms with Crippen LogP contribution >= 0.6 is 24.0 Å². The maximum absolute atomic E-state index is 11.8. The lowest BCUT2D eigenvalue weighted by Gasteiger charge is -2.33. The number of hydrogen-bond donors (Lipinski definition) is 1. The van der Waals surface area contributed by atoms with Gasteiger partial charge in [0.15, 0.2) is 5.96 Å². The molecule has 1 aliphatic rings. The third-order valence-electron chi connectivity index (χ3n) is 4.40. The van der Waals surface area contributed by atoms with E-state index in [0.29, 0.717) is 12.5 Å². The molecule has 0 spiro atoms. The van der Waals surface area contributed by atoms with Crippen LogP contribution in [-0.2, 0) is 9.53 Å². The van der Waals surface area contributed by atoms with Crippen LogP contribution in [0.2, 0.25) is 0 Å². The summed E-state index contributed by atoms with van der Waals surface area (Å²) in [6.07, 6.45) is 4.05. The highest BCUT2D eigenvalue weighted by Crippen LogP contribution is 2.19. The molecule has 0 amide bonds. The van der Waals surface area contributed by atoms with Gasteiger partial charge < -0.3 is 15.0 Å². The molecule has 0 unspecified atom stereocenters. The molecule has 0 saturated carbocycles. The number of nitrogens with one attached hydrogen (secondary N) is 1. The average Bonchev–Trinajstić information content (AvgIpc) is 2.55. The van der Waals surface area contributed by atoms with E-state index in [9.17, 15) is 4.79 Å². The Hall–Kier alpha value is -0.530. The van der Waals surface area contributed by atoms with Crippen molar-refractivity contribution in [1.82, 2.24) is 10.2 Å². The topological polar surface area (TPSA) is 53.9 Å². The van der Waals surface area contributed by atoms with E-state index in [4.69, 9.17) is 9.73 Å². The summed E-state index contributed by atoms with van der Waals surface area (Å²) in [5.41, 5.74) is 0. The van der Waals surface area contributed by atoms with Gasteiger partial charge in [-0.2, -0.15) is 0 Å². The minimum Gasteiger partial charge on any atom is -0.466 e. The van der Waals surface area contributed by atoms with Gasteiger partial charge in [0.2, 0.25) is 0 Å². The summed E-state index contributed by atoms with van der Waals surface area (Å²) in [5, 5.41) is 3.38. The number of nitrogens with zero attached hydrogens (tertiary/aromatic N) is 2. The van der Waals surface area contributed by atoms with Crippen molar-refractivity contribution in [2.75, 3.05) is 32.8 Å². The summed E-state index contributed by atoms with van der Waals surface area (Å²) in [7, 11) is 0. The highest BCUT2D eigenvalue weighted by atomic mass is 127. The van der Waals surface area contributed by atoms with Crippen LogP contribution in [0.1, 0.15) is 53.4 Å². The molecule has 1 N–H and O–H groups in total. The van der Waals surface area contributed by atoms with Gasteiger partial charge in [0.25, 0.3) is 0 Å². The van der Waals surface area contributed by atoms with Crippen molar-refractivity contribution in [3.05, 3.63) is 0 Å². The van der Waals surface area contributed by atoms with E-state index in [0.717, 1.165) is 45.0 Å². The predicted octanol–water partition coefficient (Wildman–Crippen LogP) is 3.28. The van der Waals surface area contributed by atoms with E-state index in [1.807, 2.05) is 6.92 Å². The lowest BCUT2D eigenvalue weighted by molar-refractivity contribution is -0.149. The fourth-order valence-corrected chi connectivity index (χ4v) is 2.78. The molecule has 0 radical (unpaired) electrons. The molecule has 1 fully saturated rings. The second-order valence-electron chi connectivity index (χ2n) is 5.89. The van der Waals surface area contributed by atoms with E-state index >= 15 is 0 Å². The summed E-state index contributed by atoms with van der Waals surface area (Å²) in [6.45, 7) is 12.4. The number of rotatable bonds is 7. The second kappa shape index (κ2) is 12.8. The first-order valence-corrected chi connectivity index (χ1v) is 8.85. The lowest BCUT2D eigenvalue weighted by Crippen LogP contribution is -2.47. The van der Waals surface area contributed by atoms with Gasteiger partial charge in [0.1, 0.15) is 0 Å². The van der Waals surface area contributed by atoms with Gasteiger partial charge in [-0.3, -0.25) is 9.79 Å². The molecule has 136 valence electrons. The second-order valence-corrected chi connectivity index (χ2v) is 5.89. The number of piperidine rings is 1. The number of ether oxygens (including phenoxy) is 1. The predicted molar refractivity (Wildman–Crippen MR) is 106 cm³/mol. The van der Waals surface area contributed by atoms with Crippen LogP contribution < -0.4 is 5.32 Å². The molecule has 0 aromatic rings. The Balaban J connectivity index is 0.00000484. The normalized spacial score (nSPS) is 16.2. The van der Waals surface area contributed by atoms with Crippen LogP contribution in [0.5, 0.6) is 0 Å². The molecule has 0 aliphatic carbocycles. The minimum atomic E-state index is -0.0406. The first-order valence-electron chi connectivity index (χ1n) is 8.85. The first-order chi connectivity index (χ1) is 10.7. The smallest absolute Gasteiger partial charge is 0.309 e. The van der Waals surface area contributed by atoms with Gasteiger partial charge in [0, 0.05) is 26.2 Å². The molecular weight excluding hydrogens is 405 g/mol. The van der Waals surface area contributed by atoms with Crippen LogP contribution in [0.15, 0.2) is 4.99 Å². The first kappa shape index (κ1) is 22.5. The van der Waals surface area contributed by atoms with Crippen molar-refractivity contribution in [2.45, 2.75) is 53.4 Å². The molecule has 1 aliphatic heterocycles. The number of esters is 1. The van der Waals surface area contributed by atoms with Gasteiger partial charge in [0.05, 0.1) is 12.5 Å². The molecule has 23 heavy (non-hydrogen) atoms. The Labute approximate surface area is 158 Å².